The van der Waals surface area contributed by atoms with Crippen LogP contribution in [0, 0.1) is 17.0 Å². The van der Waals surface area contributed by atoms with Gasteiger partial charge in [0.2, 0.25) is 5.90 Å². The van der Waals surface area contributed by atoms with E-state index in [1.54, 1.807) is 12.1 Å². The van der Waals surface area contributed by atoms with Gasteiger partial charge in [0.15, 0.2) is 5.70 Å². The molecule has 1 aliphatic rings. The lowest BCUT2D eigenvalue weighted by Crippen LogP contribution is -2.06. The van der Waals surface area contributed by atoms with Crippen molar-refractivity contribution in [1.82, 2.24) is 0 Å². The van der Waals surface area contributed by atoms with Crippen molar-refractivity contribution in [2.75, 3.05) is 0 Å². The third-order valence-electron chi connectivity index (χ3n) is 4.70. The van der Waals surface area contributed by atoms with Gasteiger partial charge in [0.25, 0.3) is 5.69 Å². The summed E-state index contributed by atoms with van der Waals surface area (Å²) in [6, 6.07) is 19.2. The Bertz CT molecular complexity index is 1270. The van der Waals surface area contributed by atoms with Crippen LogP contribution in [0.15, 0.2) is 77.4 Å². The van der Waals surface area contributed by atoms with Crippen LogP contribution in [-0.4, -0.2) is 16.8 Å². The van der Waals surface area contributed by atoms with E-state index >= 15 is 0 Å². The van der Waals surface area contributed by atoms with Gasteiger partial charge in [-0.25, -0.2) is 9.79 Å². The molecular formula is C24H17ClN2O5. The highest BCUT2D eigenvalue weighted by atomic mass is 35.5. The number of aryl methyl sites for hydroxylation is 1. The van der Waals surface area contributed by atoms with E-state index in [2.05, 4.69) is 4.99 Å². The van der Waals surface area contributed by atoms with Crippen LogP contribution in [0.25, 0.3) is 6.08 Å². The average Bonchev–Trinajstić information content (AvgIpc) is 3.13. The number of nitrogens with zero attached hydrogens (tertiary/aromatic N) is 2. The second kappa shape index (κ2) is 9.03. The molecule has 160 valence electrons. The Morgan fingerprint density at radius 1 is 1.12 bits per heavy atom. The zero-order valence-electron chi connectivity index (χ0n) is 16.9. The molecule has 0 atom stereocenters. The molecule has 1 heterocycles. The maximum absolute atomic E-state index is 12.3. The van der Waals surface area contributed by atoms with E-state index in [-0.39, 0.29) is 22.3 Å². The maximum Gasteiger partial charge on any atom is 0.363 e. The lowest BCUT2D eigenvalue weighted by atomic mass is 10.1. The van der Waals surface area contributed by atoms with Gasteiger partial charge in [-0.05, 0) is 42.3 Å². The van der Waals surface area contributed by atoms with Crippen molar-refractivity contribution in [2.24, 2.45) is 4.99 Å². The Labute approximate surface area is 188 Å². The molecule has 0 N–H and O–H groups in total. The number of hydrogen-bond acceptors (Lipinski definition) is 6. The molecule has 1 aliphatic heterocycles. The second-order valence-electron chi connectivity index (χ2n) is 7.10. The van der Waals surface area contributed by atoms with Gasteiger partial charge >= 0.3 is 5.97 Å². The predicted octanol–water partition coefficient (Wildman–Crippen LogP) is 5.48. The minimum absolute atomic E-state index is 0.00655. The van der Waals surface area contributed by atoms with Gasteiger partial charge in [0.1, 0.15) is 12.4 Å². The number of aliphatic imine (C=N–C) groups is 1. The van der Waals surface area contributed by atoms with Gasteiger partial charge in [-0.3, -0.25) is 10.1 Å². The molecule has 0 saturated carbocycles. The third-order valence-corrected chi connectivity index (χ3v) is 5.01. The monoisotopic (exact) mass is 448 g/mol. The number of rotatable bonds is 6. The largest absolute Gasteiger partial charge is 0.489 e. The summed E-state index contributed by atoms with van der Waals surface area (Å²) in [5, 5.41) is 10.9. The fourth-order valence-corrected chi connectivity index (χ4v) is 3.27. The molecule has 0 unspecified atom stereocenters. The van der Waals surface area contributed by atoms with Crippen LogP contribution in [0.1, 0.15) is 22.3 Å². The summed E-state index contributed by atoms with van der Waals surface area (Å²) >= 11 is 6.11. The number of carbonyl (C=O) groups is 1. The smallest absolute Gasteiger partial charge is 0.363 e. The van der Waals surface area contributed by atoms with Crippen LogP contribution >= 0.6 is 11.6 Å². The normalized spacial score (nSPS) is 14.2. The zero-order chi connectivity index (χ0) is 22.7. The Kier molecular flexibility index (Phi) is 6.00. The first kappa shape index (κ1) is 21.3. The molecule has 0 amide bonds. The van der Waals surface area contributed by atoms with Crippen LogP contribution < -0.4 is 4.74 Å². The van der Waals surface area contributed by atoms with Gasteiger partial charge in [-0.2, -0.15) is 0 Å². The first-order valence-corrected chi connectivity index (χ1v) is 10.0. The van der Waals surface area contributed by atoms with Crippen LogP contribution in [0.3, 0.4) is 0 Å². The third kappa shape index (κ3) is 4.84. The van der Waals surface area contributed by atoms with Crippen molar-refractivity contribution >= 4 is 35.2 Å². The summed E-state index contributed by atoms with van der Waals surface area (Å²) in [4.78, 5) is 26.8. The van der Waals surface area contributed by atoms with Crippen molar-refractivity contribution in [2.45, 2.75) is 13.5 Å². The molecule has 0 aromatic heterocycles. The van der Waals surface area contributed by atoms with Gasteiger partial charge in [-0.15, -0.1) is 0 Å². The van der Waals surface area contributed by atoms with Crippen LogP contribution in [0.4, 0.5) is 5.69 Å². The summed E-state index contributed by atoms with van der Waals surface area (Å²) in [7, 11) is 0. The zero-order valence-corrected chi connectivity index (χ0v) is 17.7. The Hall–Kier alpha value is -3.97. The number of cyclic esters (lactones) is 1. The highest BCUT2D eigenvalue weighted by Gasteiger charge is 2.26. The molecule has 3 aromatic carbocycles. The van der Waals surface area contributed by atoms with Crippen molar-refractivity contribution in [3.8, 4) is 5.75 Å². The molecule has 32 heavy (non-hydrogen) atoms. The van der Waals surface area contributed by atoms with Crippen molar-refractivity contribution < 1.29 is 19.2 Å². The molecule has 4 rings (SSSR count). The first-order chi connectivity index (χ1) is 15.4. The minimum atomic E-state index is -0.639. The van der Waals surface area contributed by atoms with E-state index in [0.717, 1.165) is 5.56 Å². The highest BCUT2D eigenvalue weighted by molar-refractivity contribution is 6.34. The average molecular weight is 449 g/mol. The summed E-state index contributed by atoms with van der Waals surface area (Å²) < 4.78 is 11.1. The Morgan fingerprint density at radius 2 is 1.91 bits per heavy atom. The van der Waals surface area contributed by atoms with E-state index in [0.29, 0.717) is 23.5 Å². The van der Waals surface area contributed by atoms with Crippen molar-refractivity contribution in [1.29, 1.82) is 0 Å². The summed E-state index contributed by atoms with van der Waals surface area (Å²) in [5.74, 6) is 0.00206. The number of carbonyl (C=O) groups excluding carboxylic acids is 1. The van der Waals surface area contributed by atoms with Gasteiger partial charge in [-0.1, -0.05) is 53.6 Å². The molecular weight excluding hydrogens is 432 g/mol. The van der Waals surface area contributed by atoms with Gasteiger partial charge in [0.05, 0.1) is 15.5 Å². The van der Waals surface area contributed by atoms with E-state index < -0.39 is 10.9 Å². The maximum atomic E-state index is 12.3. The van der Waals surface area contributed by atoms with E-state index in [4.69, 9.17) is 21.1 Å². The fraction of sp³-hybridized carbons (Fsp3) is 0.0833. The number of benzene rings is 3. The number of ether oxygens (including phenoxy) is 2. The van der Waals surface area contributed by atoms with E-state index in [1.165, 1.54) is 23.8 Å². The molecule has 0 aliphatic carbocycles. The summed E-state index contributed by atoms with van der Waals surface area (Å²) in [6.45, 7) is 2.45. The van der Waals surface area contributed by atoms with Gasteiger partial charge in [0, 0.05) is 12.1 Å². The number of non-ortho nitro benzene ring substituents is 1. The molecule has 8 heteroatoms. The second-order valence-corrected chi connectivity index (χ2v) is 7.51. The highest BCUT2D eigenvalue weighted by Crippen LogP contribution is 2.27. The van der Waals surface area contributed by atoms with Crippen LogP contribution in [0.2, 0.25) is 5.02 Å². The number of hydrogen-bond donors (Lipinski definition) is 0. The number of esters is 1. The Morgan fingerprint density at radius 3 is 2.62 bits per heavy atom. The molecule has 0 fully saturated rings. The number of nitro groups is 1. The summed E-state index contributed by atoms with van der Waals surface area (Å²) in [5.41, 5.74) is 3.16. The Balaban J connectivity index is 1.52. The van der Waals surface area contributed by atoms with Crippen molar-refractivity contribution in [3.63, 3.8) is 0 Å². The first-order valence-electron chi connectivity index (χ1n) is 9.64. The van der Waals surface area contributed by atoms with E-state index in [9.17, 15) is 14.9 Å². The molecule has 7 nitrogen and oxygen atoms in total. The molecule has 0 spiro atoms. The predicted molar refractivity (Wildman–Crippen MR) is 121 cm³/mol. The standard InChI is InChI=1S/C24H17ClN2O5/c1-15-5-7-16(8-6-15)14-31-19-4-2-3-17(11-19)12-22-24(28)32-23(26-22)20-10-9-18(27(29)30)13-21(20)25/h2-13H,14H2,1H3/b22-12-. The molecule has 3 aromatic rings. The van der Waals surface area contributed by atoms with Gasteiger partial charge < -0.3 is 9.47 Å². The quantitative estimate of drug-likeness (QED) is 0.215. The minimum Gasteiger partial charge on any atom is -0.489 e. The fourth-order valence-electron chi connectivity index (χ4n) is 3.02. The van der Waals surface area contributed by atoms with Crippen molar-refractivity contribution in [3.05, 3.63) is 110 Å². The molecule has 0 saturated heterocycles. The lowest BCUT2D eigenvalue weighted by Gasteiger charge is -2.07. The van der Waals surface area contributed by atoms with Crippen LogP contribution in [0.5, 0.6) is 5.75 Å². The summed E-state index contributed by atoms with van der Waals surface area (Å²) in [6.07, 6.45) is 1.58. The molecule has 0 bridgehead atoms. The number of halogens is 1. The SMILES string of the molecule is Cc1ccc(COc2cccc(/C=C3\N=C(c4ccc([N+](=O)[O-])cc4Cl)OC3=O)c2)cc1. The lowest BCUT2D eigenvalue weighted by molar-refractivity contribution is -0.384. The number of nitro benzene ring substituents is 1. The van der Waals surface area contributed by atoms with Crippen LogP contribution in [-0.2, 0) is 16.1 Å². The molecule has 0 radical (unpaired) electrons. The van der Waals surface area contributed by atoms with E-state index in [1.807, 2.05) is 49.4 Å². The topological polar surface area (TPSA) is 91.0 Å².